The summed E-state index contributed by atoms with van der Waals surface area (Å²) in [6.07, 6.45) is 4.97. The van der Waals surface area contributed by atoms with Gasteiger partial charge in [-0.15, -0.1) is 23.2 Å². The van der Waals surface area contributed by atoms with Crippen LogP contribution in [0.3, 0.4) is 0 Å². The number of hydrogen-bond acceptors (Lipinski definition) is 2. The van der Waals surface area contributed by atoms with Crippen molar-refractivity contribution in [3.63, 3.8) is 0 Å². The monoisotopic (exact) mass is 378 g/mol. The molecule has 2 rings (SSSR count). The van der Waals surface area contributed by atoms with Crippen LogP contribution in [0.4, 0.5) is 11.4 Å². The zero-order chi connectivity index (χ0) is 18.4. The third-order valence-corrected chi connectivity index (χ3v) is 5.31. The van der Waals surface area contributed by atoms with E-state index in [4.69, 9.17) is 34.7 Å². The van der Waals surface area contributed by atoms with Gasteiger partial charge in [-0.1, -0.05) is 38.8 Å². The molecular weight excluding hydrogens is 351 g/mol. The van der Waals surface area contributed by atoms with Gasteiger partial charge < -0.3 is 11.5 Å². The molecule has 0 spiro atoms. The minimum Gasteiger partial charge on any atom is -0.398 e. The summed E-state index contributed by atoms with van der Waals surface area (Å²) in [6.45, 7) is 4.37. The number of anilines is 2. The van der Waals surface area contributed by atoms with E-state index in [1.54, 1.807) is 0 Å². The molecule has 0 atom stereocenters. The van der Waals surface area contributed by atoms with Gasteiger partial charge >= 0.3 is 0 Å². The average Bonchev–Trinajstić information content (AvgIpc) is 2.60. The number of halogens is 2. The molecule has 0 radical (unpaired) electrons. The second-order valence-electron chi connectivity index (χ2n) is 6.49. The summed E-state index contributed by atoms with van der Waals surface area (Å²) in [7, 11) is 0. The molecule has 0 saturated carbocycles. The van der Waals surface area contributed by atoms with Crippen molar-refractivity contribution in [3.8, 4) is 0 Å². The van der Waals surface area contributed by atoms with Gasteiger partial charge in [-0.2, -0.15) is 0 Å². The molecule has 0 fully saturated rings. The van der Waals surface area contributed by atoms with E-state index in [1.807, 2.05) is 12.1 Å². The van der Waals surface area contributed by atoms with Crippen molar-refractivity contribution >= 4 is 34.6 Å². The summed E-state index contributed by atoms with van der Waals surface area (Å²) in [4.78, 5) is 0. The summed E-state index contributed by atoms with van der Waals surface area (Å²) in [5.41, 5.74) is 21.2. The molecule has 0 aliphatic heterocycles. The minimum atomic E-state index is 0.450. The van der Waals surface area contributed by atoms with Crippen LogP contribution in [-0.2, 0) is 31.0 Å². The summed E-state index contributed by atoms with van der Waals surface area (Å²) in [6, 6.07) is 8.24. The molecule has 2 aromatic rings. The van der Waals surface area contributed by atoms with Gasteiger partial charge in [-0.05, 0) is 64.8 Å². The zero-order valence-corrected chi connectivity index (χ0v) is 16.7. The SMILES string of the molecule is CCCc1c(Cc2ccc(N)c(CCl)c2CCC)ccc(N)c1CCl. The summed E-state index contributed by atoms with van der Waals surface area (Å²) < 4.78 is 0. The molecule has 4 N–H and O–H groups in total. The Bertz CT molecular complexity index is 665. The van der Waals surface area contributed by atoms with E-state index in [9.17, 15) is 0 Å². The Morgan fingerprint density at radius 1 is 0.680 bits per heavy atom. The third-order valence-electron chi connectivity index (χ3n) is 4.78. The molecule has 0 aliphatic carbocycles. The molecule has 0 aliphatic rings. The first-order chi connectivity index (χ1) is 12.1. The Morgan fingerprint density at radius 3 is 1.40 bits per heavy atom. The summed E-state index contributed by atoms with van der Waals surface area (Å²) in [5, 5.41) is 0. The Hall–Kier alpha value is -1.38. The normalized spacial score (nSPS) is 11.0. The van der Waals surface area contributed by atoms with E-state index in [-0.39, 0.29) is 0 Å². The molecule has 25 heavy (non-hydrogen) atoms. The molecule has 0 bridgehead atoms. The summed E-state index contributed by atoms with van der Waals surface area (Å²) in [5.74, 6) is 0.900. The predicted octanol–water partition coefficient (Wildman–Crippen LogP) is 5.82. The maximum Gasteiger partial charge on any atom is 0.0497 e. The Kier molecular flexibility index (Phi) is 7.46. The third kappa shape index (κ3) is 4.43. The predicted molar refractivity (Wildman–Crippen MR) is 112 cm³/mol. The van der Waals surface area contributed by atoms with Crippen LogP contribution in [0, 0.1) is 0 Å². The van der Waals surface area contributed by atoms with Gasteiger partial charge in [-0.3, -0.25) is 0 Å². The highest BCUT2D eigenvalue weighted by Crippen LogP contribution is 2.30. The van der Waals surface area contributed by atoms with E-state index in [2.05, 4.69) is 26.0 Å². The van der Waals surface area contributed by atoms with Crippen molar-refractivity contribution in [2.45, 2.75) is 57.7 Å². The highest BCUT2D eigenvalue weighted by Gasteiger charge is 2.15. The quantitative estimate of drug-likeness (QED) is 0.448. The van der Waals surface area contributed by atoms with E-state index in [0.29, 0.717) is 11.8 Å². The molecule has 0 saturated heterocycles. The van der Waals surface area contributed by atoms with Gasteiger partial charge in [0.25, 0.3) is 0 Å². The molecule has 0 amide bonds. The van der Waals surface area contributed by atoms with Crippen molar-refractivity contribution < 1.29 is 0 Å². The lowest BCUT2D eigenvalue weighted by molar-refractivity contribution is 0.875. The smallest absolute Gasteiger partial charge is 0.0497 e. The minimum absolute atomic E-state index is 0.450. The second-order valence-corrected chi connectivity index (χ2v) is 7.02. The highest BCUT2D eigenvalue weighted by atomic mass is 35.5. The van der Waals surface area contributed by atoms with E-state index < -0.39 is 0 Å². The topological polar surface area (TPSA) is 52.0 Å². The van der Waals surface area contributed by atoms with Gasteiger partial charge in [0.15, 0.2) is 0 Å². The Balaban J connectivity index is 2.53. The van der Waals surface area contributed by atoms with E-state index in [0.717, 1.165) is 54.6 Å². The van der Waals surface area contributed by atoms with Gasteiger partial charge in [-0.25, -0.2) is 0 Å². The van der Waals surface area contributed by atoms with Crippen molar-refractivity contribution in [2.75, 3.05) is 11.5 Å². The Labute approximate surface area is 161 Å². The van der Waals surface area contributed by atoms with Crippen molar-refractivity contribution in [3.05, 3.63) is 57.6 Å². The van der Waals surface area contributed by atoms with Crippen LogP contribution < -0.4 is 11.5 Å². The van der Waals surface area contributed by atoms with Crippen LogP contribution >= 0.6 is 23.2 Å². The average molecular weight is 379 g/mol. The van der Waals surface area contributed by atoms with Gasteiger partial charge in [0.05, 0.1) is 0 Å². The maximum atomic E-state index is 6.18. The number of hydrogen-bond donors (Lipinski definition) is 2. The number of alkyl halides is 2. The first-order valence-electron chi connectivity index (χ1n) is 8.97. The van der Waals surface area contributed by atoms with Crippen LogP contribution in [0.15, 0.2) is 24.3 Å². The lowest BCUT2D eigenvalue weighted by atomic mass is 9.88. The fraction of sp³-hybridized carbons (Fsp3) is 0.429. The number of rotatable bonds is 8. The highest BCUT2D eigenvalue weighted by molar-refractivity contribution is 6.17. The number of nitrogens with two attached hydrogens (primary N) is 2. The first kappa shape index (κ1) is 19.9. The second kappa shape index (κ2) is 9.35. The van der Waals surface area contributed by atoms with Gasteiger partial charge in [0.2, 0.25) is 0 Å². The lowest BCUT2D eigenvalue weighted by Crippen LogP contribution is -2.07. The molecule has 0 unspecified atom stereocenters. The van der Waals surface area contributed by atoms with Crippen LogP contribution in [0.1, 0.15) is 60.1 Å². The van der Waals surface area contributed by atoms with Crippen LogP contribution in [0.5, 0.6) is 0 Å². The molecule has 0 aromatic heterocycles. The first-order valence-corrected chi connectivity index (χ1v) is 10.0. The van der Waals surface area contributed by atoms with E-state index >= 15 is 0 Å². The van der Waals surface area contributed by atoms with E-state index in [1.165, 1.54) is 22.3 Å². The zero-order valence-electron chi connectivity index (χ0n) is 15.2. The molecule has 2 aromatic carbocycles. The fourth-order valence-corrected chi connectivity index (χ4v) is 4.13. The number of nitrogen functional groups attached to an aromatic ring is 2. The van der Waals surface area contributed by atoms with Crippen LogP contribution in [0.25, 0.3) is 0 Å². The largest absolute Gasteiger partial charge is 0.398 e. The molecule has 4 heteroatoms. The maximum absolute atomic E-state index is 6.18. The van der Waals surface area contributed by atoms with Crippen LogP contribution in [0.2, 0.25) is 0 Å². The Morgan fingerprint density at radius 2 is 1.08 bits per heavy atom. The molecular formula is C21H28Cl2N2. The lowest BCUT2D eigenvalue weighted by Gasteiger charge is -2.19. The van der Waals surface area contributed by atoms with Crippen molar-refractivity contribution in [2.24, 2.45) is 0 Å². The molecule has 0 heterocycles. The van der Waals surface area contributed by atoms with Crippen molar-refractivity contribution in [1.29, 1.82) is 0 Å². The van der Waals surface area contributed by atoms with Crippen molar-refractivity contribution in [1.82, 2.24) is 0 Å². The molecule has 136 valence electrons. The standard InChI is InChI=1S/C21H28Cl2N2/c1-3-5-16-14(7-9-20(24)18(16)12-22)11-15-8-10-21(25)19(13-23)17(15)6-4-2/h7-10H,3-6,11-13,24-25H2,1-2H3. The van der Waals surface area contributed by atoms with Gasteiger partial charge in [0.1, 0.15) is 0 Å². The van der Waals surface area contributed by atoms with Gasteiger partial charge in [0, 0.05) is 23.1 Å². The van der Waals surface area contributed by atoms with Crippen LogP contribution in [-0.4, -0.2) is 0 Å². The number of benzene rings is 2. The summed E-state index contributed by atoms with van der Waals surface area (Å²) >= 11 is 12.4. The molecule has 2 nitrogen and oxygen atoms in total. The fourth-order valence-electron chi connectivity index (χ4n) is 3.49.